The van der Waals surface area contributed by atoms with Crippen molar-refractivity contribution in [3.05, 3.63) is 24.4 Å². The van der Waals surface area contributed by atoms with E-state index in [9.17, 15) is 0 Å². The molecule has 5 nitrogen and oxygen atoms in total. The number of nitrogens with zero attached hydrogens (tertiary/aromatic N) is 2. The highest BCUT2D eigenvalue weighted by atomic mass is 15.1. The fourth-order valence-electron chi connectivity index (χ4n) is 2.80. The fraction of sp³-hybridized carbons (Fsp3) is 0.647. The zero-order chi connectivity index (χ0) is 15.5. The van der Waals surface area contributed by atoms with Crippen LogP contribution in [0.5, 0.6) is 0 Å². The standard InChI is InChI=1S/C17H29N5/c18-17(22-15-9-3-1-2-4-10-15)21-14-8-7-13-20-16-11-5-6-12-19-16/h5-6,11-12,15H,1-4,7-10,13-14H2,(H,19,20)(H3,18,21,22). The second-order valence-electron chi connectivity index (χ2n) is 5.95. The number of rotatable bonds is 7. The van der Waals surface area contributed by atoms with Crippen molar-refractivity contribution in [1.82, 2.24) is 10.3 Å². The van der Waals surface area contributed by atoms with Gasteiger partial charge in [-0.2, -0.15) is 0 Å². The highest BCUT2D eigenvalue weighted by Crippen LogP contribution is 2.16. The van der Waals surface area contributed by atoms with E-state index in [0.29, 0.717) is 12.0 Å². The van der Waals surface area contributed by atoms with E-state index in [1.165, 1.54) is 38.5 Å². The van der Waals surface area contributed by atoms with Crippen molar-refractivity contribution in [3.63, 3.8) is 0 Å². The van der Waals surface area contributed by atoms with Crippen LogP contribution in [0.1, 0.15) is 51.4 Å². The number of nitrogens with two attached hydrogens (primary N) is 1. The van der Waals surface area contributed by atoms with Crippen LogP contribution in [-0.2, 0) is 0 Å². The Morgan fingerprint density at radius 2 is 2.00 bits per heavy atom. The van der Waals surface area contributed by atoms with Gasteiger partial charge < -0.3 is 16.4 Å². The zero-order valence-electron chi connectivity index (χ0n) is 13.4. The molecule has 0 aromatic carbocycles. The van der Waals surface area contributed by atoms with E-state index in [1.54, 1.807) is 6.20 Å². The summed E-state index contributed by atoms with van der Waals surface area (Å²) in [5.74, 6) is 1.55. The van der Waals surface area contributed by atoms with Gasteiger partial charge in [0.15, 0.2) is 5.96 Å². The monoisotopic (exact) mass is 303 g/mol. The minimum absolute atomic E-state index is 0.525. The molecule has 122 valence electrons. The van der Waals surface area contributed by atoms with Crippen LogP contribution in [-0.4, -0.2) is 30.1 Å². The minimum Gasteiger partial charge on any atom is -0.370 e. The summed E-state index contributed by atoms with van der Waals surface area (Å²) in [7, 11) is 0. The lowest BCUT2D eigenvalue weighted by Crippen LogP contribution is -2.39. The first-order chi connectivity index (χ1) is 10.8. The lowest BCUT2D eigenvalue weighted by molar-refractivity contribution is 0.530. The molecule has 0 saturated heterocycles. The van der Waals surface area contributed by atoms with Crippen LogP contribution < -0.4 is 16.4 Å². The molecule has 22 heavy (non-hydrogen) atoms. The maximum atomic E-state index is 5.97. The second kappa shape index (κ2) is 10.0. The van der Waals surface area contributed by atoms with Crippen LogP contribution in [0.25, 0.3) is 0 Å². The smallest absolute Gasteiger partial charge is 0.188 e. The molecule has 4 N–H and O–H groups in total. The lowest BCUT2D eigenvalue weighted by atomic mass is 10.1. The van der Waals surface area contributed by atoms with Crippen LogP contribution in [0.15, 0.2) is 29.4 Å². The number of nitrogens with one attached hydrogen (secondary N) is 2. The van der Waals surface area contributed by atoms with Gasteiger partial charge in [-0.1, -0.05) is 31.7 Å². The van der Waals surface area contributed by atoms with Gasteiger partial charge in [0.1, 0.15) is 5.82 Å². The van der Waals surface area contributed by atoms with Crippen LogP contribution >= 0.6 is 0 Å². The molecule has 0 radical (unpaired) electrons. The van der Waals surface area contributed by atoms with E-state index >= 15 is 0 Å². The summed E-state index contributed by atoms with van der Waals surface area (Å²) in [6, 6.07) is 6.41. The molecule has 1 aromatic rings. The van der Waals surface area contributed by atoms with Crippen molar-refractivity contribution >= 4 is 11.8 Å². The summed E-state index contributed by atoms with van der Waals surface area (Å²) in [6.07, 6.45) is 11.7. The third-order valence-electron chi connectivity index (χ3n) is 4.05. The SMILES string of the molecule is NC(=NCCCCNc1ccccn1)NC1CCCCCC1. The molecule has 0 amide bonds. The Balaban J connectivity index is 1.54. The molecule has 1 saturated carbocycles. The Labute approximate surface area is 133 Å². The summed E-state index contributed by atoms with van der Waals surface area (Å²) in [6.45, 7) is 1.71. The molecule has 5 heteroatoms. The average molecular weight is 303 g/mol. The van der Waals surface area contributed by atoms with E-state index in [2.05, 4.69) is 20.6 Å². The maximum Gasteiger partial charge on any atom is 0.188 e. The molecule has 1 heterocycles. The van der Waals surface area contributed by atoms with Gasteiger partial charge in [-0.25, -0.2) is 4.98 Å². The zero-order valence-corrected chi connectivity index (χ0v) is 13.4. The maximum absolute atomic E-state index is 5.97. The first kappa shape index (κ1) is 16.6. The molecule has 1 fully saturated rings. The van der Waals surface area contributed by atoms with Gasteiger partial charge in [-0.05, 0) is 37.8 Å². The number of pyridine rings is 1. The topological polar surface area (TPSA) is 75.3 Å². The van der Waals surface area contributed by atoms with Crippen molar-refractivity contribution < 1.29 is 0 Å². The van der Waals surface area contributed by atoms with E-state index < -0.39 is 0 Å². The number of unbranched alkanes of at least 4 members (excludes halogenated alkanes) is 1. The normalized spacial score (nSPS) is 17.0. The molecule has 0 spiro atoms. The van der Waals surface area contributed by atoms with Crippen molar-refractivity contribution in [1.29, 1.82) is 0 Å². The molecule has 0 atom stereocenters. The largest absolute Gasteiger partial charge is 0.370 e. The Morgan fingerprint density at radius 1 is 1.18 bits per heavy atom. The number of hydrogen-bond donors (Lipinski definition) is 3. The Kier molecular flexibility index (Phi) is 7.56. The average Bonchev–Trinajstić information content (AvgIpc) is 2.80. The molecular formula is C17H29N5. The fourth-order valence-corrected chi connectivity index (χ4v) is 2.80. The molecular weight excluding hydrogens is 274 g/mol. The number of aromatic nitrogens is 1. The van der Waals surface area contributed by atoms with Crippen molar-refractivity contribution in [3.8, 4) is 0 Å². The van der Waals surface area contributed by atoms with E-state index in [-0.39, 0.29) is 0 Å². The number of aliphatic imine (C=N–C) groups is 1. The van der Waals surface area contributed by atoms with Gasteiger partial charge in [0.2, 0.25) is 0 Å². The molecule has 2 rings (SSSR count). The quantitative estimate of drug-likeness (QED) is 0.313. The molecule has 0 bridgehead atoms. The first-order valence-corrected chi connectivity index (χ1v) is 8.56. The van der Waals surface area contributed by atoms with Crippen molar-refractivity contribution in [2.75, 3.05) is 18.4 Å². The van der Waals surface area contributed by atoms with Crippen molar-refractivity contribution in [2.45, 2.75) is 57.4 Å². The predicted molar refractivity (Wildman–Crippen MR) is 93.1 cm³/mol. The molecule has 1 aromatic heterocycles. The predicted octanol–water partition coefficient (Wildman–Crippen LogP) is 2.90. The third-order valence-corrected chi connectivity index (χ3v) is 4.05. The third kappa shape index (κ3) is 6.78. The van der Waals surface area contributed by atoms with Gasteiger partial charge in [0, 0.05) is 25.3 Å². The van der Waals surface area contributed by atoms with E-state index in [0.717, 1.165) is 31.7 Å². The Morgan fingerprint density at radius 3 is 2.73 bits per heavy atom. The van der Waals surface area contributed by atoms with Crippen molar-refractivity contribution in [2.24, 2.45) is 10.7 Å². The lowest BCUT2D eigenvalue weighted by Gasteiger charge is -2.16. The first-order valence-electron chi connectivity index (χ1n) is 8.56. The van der Waals surface area contributed by atoms with E-state index in [1.807, 2.05) is 18.2 Å². The molecule has 1 aliphatic rings. The van der Waals surface area contributed by atoms with Gasteiger partial charge in [0.25, 0.3) is 0 Å². The van der Waals surface area contributed by atoms with Gasteiger partial charge in [0.05, 0.1) is 0 Å². The molecule has 0 aliphatic heterocycles. The molecule has 0 unspecified atom stereocenters. The Hall–Kier alpha value is -1.78. The van der Waals surface area contributed by atoms with Gasteiger partial charge in [-0.3, -0.25) is 4.99 Å². The summed E-state index contributed by atoms with van der Waals surface area (Å²) in [5, 5.41) is 6.68. The van der Waals surface area contributed by atoms with E-state index in [4.69, 9.17) is 5.73 Å². The van der Waals surface area contributed by atoms with Crippen LogP contribution in [0.2, 0.25) is 0 Å². The highest BCUT2D eigenvalue weighted by molar-refractivity contribution is 5.78. The van der Waals surface area contributed by atoms with Crippen LogP contribution in [0, 0.1) is 0 Å². The summed E-state index contributed by atoms with van der Waals surface area (Å²) < 4.78 is 0. The van der Waals surface area contributed by atoms with Gasteiger partial charge in [-0.15, -0.1) is 0 Å². The number of guanidine groups is 1. The summed E-state index contributed by atoms with van der Waals surface area (Å²) in [5.41, 5.74) is 5.97. The summed E-state index contributed by atoms with van der Waals surface area (Å²) >= 11 is 0. The van der Waals surface area contributed by atoms with Gasteiger partial charge >= 0.3 is 0 Å². The van der Waals surface area contributed by atoms with Crippen LogP contribution in [0.4, 0.5) is 5.82 Å². The highest BCUT2D eigenvalue weighted by Gasteiger charge is 2.11. The number of anilines is 1. The molecule has 1 aliphatic carbocycles. The second-order valence-corrected chi connectivity index (χ2v) is 5.95. The van der Waals surface area contributed by atoms with Crippen LogP contribution in [0.3, 0.4) is 0 Å². The Bertz CT molecular complexity index is 424. The number of hydrogen-bond acceptors (Lipinski definition) is 3. The summed E-state index contributed by atoms with van der Waals surface area (Å²) in [4.78, 5) is 8.66. The minimum atomic E-state index is 0.525.